The SMILES string of the molecule is CCCn1cc(-c2cnc3ccc(N(CCCO)c4cc(OC)cc(OC)c4)cc3n2)cn1. The fourth-order valence-corrected chi connectivity index (χ4v) is 3.74. The van der Waals surface area contributed by atoms with Gasteiger partial charge in [-0.2, -0.15) is 5.10 Å². The van der Waals surface area contributed by atoms with Crippen LogP contribution in [0, 0.1) is 0 Å². The number of rotatable bonds is 10. The quantitative estimate of drug-likeness (QED) is 0.385. The largest absolute Gasteiger partial charge is 0.497 e. The highest BCUT2D eigenvalue weighted by molar-refractivity contribution is 5.82. The Kier molecular flexibility index (Phi) is 7.04. The van der Waals surface area contributed by atoms with Crippen LogP contribution in [-0.4, -0.2) is 52.2 Å². The lowest BCUT2D eigenvalue weighted by Crippen LogP contribution is -2.19. The second-order valence-electron chi connectivity index (χ2n) is 7.72. The number of anilines is 2. The zero-order valence-electron chi connectivity index (χ0n) is 19.2. The number of hydrogen-bond acceptors (Lipinski definition) is 7. The Labute approximate surface area is 193 Å². The molecule has 2 heterocycles. The van der Waals surface area contributed by atoms with E-state index in [-0.39, 0.29) is 6.61 Å². The van der Waals surface area contributed by atoms with Gasteiger partial charge in [-0.05, 0) is 31.0 Å². The van der Waals surface area contributed by atoms with Crippen LogP contribution in [-0.2, 0) is 6.54 Å². The molecule has 0 fully saturated rings. The van der Waals surface area contributed by atoms with Crippen molar-refractivity contribution in [1.29, 1.82) is 0 Å². The highest BCUT2D eigenvalue weighted by Gasteiger charge is 2.14. The smallest absolute Gasteiger partial charge is 0.124 e. The van der Waals surface area contributed by atoms with Crippen LogP contribution in [0.5, 0.6) is 11.5 Å². The lowest BCUT2D eigenvalue weighted by molar-refractivity contribution is 0.291. The number of methoxy groups -OCH3 is 2. The third-order valence-corrected chi connectivity index (χ3v) is 5.41. The molecule has 1 N–H and O–H groups in total. The topological polar surface area (TPSA) is 85.5 Å². The summed E-state index contributed by atoms with van der Waals surface area (Å²) in [5.74, 6) is 1.40. The number of aryl methyl sites for hydroxylation is 1. The maximum Gasteiger partial charge on any atom is 0.124 e. The first-order chi connectivity index (χ1) is 16.1. The van der Waals surface area contributed by atoms with Gasteiger partial charge in [-0.3, -0.25) is 9.67 Å². The summed E-state index contributed by atoms with van der Waals surface area (Å²) in [6, 6.07) is 11.7. The predicted molar refractivity (Wildman–Crippen MR) is 129 cm³/mol. The molecule has 4 aromatic rings. The molecule has 0 radical (unpaired) electrons. The van der Waals surface area contributed by atoms with Crippen molar-refractivity contribution in [1.82, 2.24) is 19.7 Å². The number of ether oxygens (including phenoxy) is 2. The van der Waals surface area contributed by atoms with Crippen molar-refractivity contribution in [3.05, 3.63) is 55.0 Å². The van der Waals surface area contributed by atoms with Crippen molar-refractivity contribution >= 4 is 22.4 Å². The fraction of sp³-hybridized carbons (Fsp3) is 0.320. The molecule has 4 rings (SSSR count). The Morgan fingerprint density at radius 1 is 0.970 bits per heavy atom. The minimum atomic E-state index is 0.0941. The number of aliphatic hydroxyl groups is 1. The number of aliphatic hydroxyl groups excluding tert-OH is 1. The molecule has 0 aliphatic carbocycles. The van der Waals surface area contributed by atoms with Crippen LogP contribution in [0.25, 0.3) is 22.3 Å². The molecule has 0 aliphatic heterocycles. The van der Waals surface area contributed by atoms with E-state index < -0.39 is 0 Å². The molecule has 8 nitrogen and oxygen atoms in total. The molecule has 33 heavy (non-hydrogen) atoms. The normalized spacial score (nSPS) is 11.0. The van der Waals surface area contributed by atoms with Crippen molar-refractivity contribution in [3.8, 4) is 22.8 Å². The van der Waals surface area contributed by atoms with Crippen LogP contribution in [0.15, 0.2) is 55.0 Å². The van der Waals surface area contributed by atoms with Crippen molar-refractivity contribution in [2.45, 2.75) is 26.3 Å². The van der Waals surface area contributed by atoms with Gasteiger partial charge in [0.1, 0.15) is 11.5 Å². The van der Waals surface area contributed by atoms with E-state index in [1.165, 1.54) is 0 Å². The van der Waals surface area contributed by atoms with Gasteiger partial charge < -0.3 is 19.5 Å². The van der Waals surface area contributed by atoms with Crippen molar-refractivity contribution in [3.63, 3.8) is 0 Å². The summed E-state index contributed by atoms with van der Waals surface area (Å²) >= 11 is 0. The number of nitrogens with zero attached hydrogens (tertiary/aromatic N) is 5. The van der Waals surface area contributed by atoms with E-state index in [1.807, 2.05) is 53.5 Å². The molecule has 0 saturated carbocycles. The van der Waals surface area contributed by atoms with Gasteiger partial charge in [0, 0.05) is 61.0 Å². The Bertz CT molecular complexity index is 1200. The van der Waals surface area contributed by atoms with Crippen LogP contribution >= 0.6 is 0 Å². The number of hydrogen-bond donors (Lipinski definition) is 1. The maximum absolute atomic E-state index is 9.48. The van der Waals surface area contributed by atoms with E-state index in [0.29, 0.717) is 24.5 Å². The molecule has 2 aromatic carbocycles. The summed E-state index contributed by atoms with van der Waals surface area (Å²) in [5, 5.41) is 13.9. The Morgan fingerprint density at radius 2 is 1.76 bits per heavy atom. The van der Waals surface area contributed by atoms with Crippen molar-refractivity contribution in [2.24, 2.45) is 0 Å². The molecular weight excluding hydrogens is 418 g/mol. The van der Waals surface area contributed by atoms with E-state index in [0.717, 1.165) is 46.6 Å². The maximum atomic E-state index is 9.48. The zero-order chi connectivity index (χ0) is 23.2. The summed E-state index contributed by atoms with van der Waals surface area (Å²) in [4.78, 5) is 11.6. The number of benzene rings is 2. The first kappa shape index (κ1) is 22.5. The van der Waals surface area contributed by atoms with Gasteiger partial charge in [0.25, 0.3) is 0 Å². The van der Waals surface area contributed by atoms with Gasteiger partial charge in [-0.25, -0.2) is 4.98 Å². The van der Waals surface area contributed by atoms with Gasteiger partial charge in [0.05, 0.1) is 43.3 Å². The van der Waals surface area contributed by atoms with Crippen molar-refractivity contribution in [2.75, 3.05) is 32.3 Å². The molecule has 0 saturated heterocycles. The minimum Gasteiger partial charge on any atom is -0.497 e. The van der Waals surface area contributed by atoms with E-state index >= 15 is 0 Å². The molecule has 2 aromatic heterocycles. The van der Waals surface area contributed by atoms with Gasteiger partial charge in [0.15, 0.2) is 0 Å². The highest BCUT2D eigenvalue weighted by Crippen LogP contribution is 2.34. The third-order valence-electron chi connectivity index (χ3n) is 5.41. The standard InChI is InChI=1S/C25H29N5O3/c1-4-8-29-17-18(15-27-29)25-16-26-23-7-6-19(13-24(23)28-25)30(9-5-10-31)20-11-21(32-2)14-22(12-20)33-3/h6-7,11-17,31H,4-5,8-10H2,1-3H3. The molecule has 172 valence electrons. The van der Waals surface area contributed by atoms with Crippen LogP contribution in [0.3, 0.4) is 0 Å². The Hall–Kier alpha value is -3.65. The van der Waals surface area contributed by atoms with Gasteiger partial charge >= 0.3 is 0 Å². The lowest BCUT2D eigenvalue weighted by atomic mass is 10.1. The van der Waals surface area contributed by atoms with Crippen LogP contribution in [0.2, 0.25) is 0 Å². The summed E-state index contributed by atoms with van der Waals surface area (Å²) in [5.41, 5.74) is 5.18. The molecule has 0 bridgehead atoms. The average molecular weight is 448 g/mol. The summed E-state index contributed by atoms with van der Waals surface area (Å²) in [6.45, 7) is 3.71. The minimum absolute atomic E-state index is 0.0941. The van der Waals surface area contributed by atoms with Gasteiger partial charge in [-0.1, -0.05) is 6.92 Å². The van der Waals surface area contributed by atoms with Gasteiger partial charge in [-0.15, -0.1) is 0 Å². The summed E-state index contributed by atoms with van der Waals surface area (Å²) in [6.07, 6.45) is 7.24. The molecular formula is C25H29N5O3. The molecule has 0 aliphatic rings. The average Bonchev–Trinajstić information content (AvgIpc) is 3.32. The third kappa shape index (κ3) is 5.06. The van der Waals surface area contributed by atoms with Gasteiger partial charge in [0.2, 0.25) is 0 Å². The molecule has 0 spiro atoms. The zero-order valence-corrected chi connectivity index (χ0v) is 19.2. The predicted octanol–water partition coefficient (Wildman–Crippen LogP) is 4.44. The Balaban J connectivity index is 1.74. The second-order valence-corrected chi connectivity index (χ2v) is 7.72. The molecule has 0 atom stereocenters. The molecule has 0 unspecified atom stereocenters. The van der Waals surface area contributed by atoms with E-state index in [1.54, 1.807) is 20.4 Å². The second kappa shape index (κ2) is 10.3. The number of aromatic nitrogens is 4. The van der Waals surface area contributed by atoms with Crippen molar-refractivity contribution < 1.29 is 14.6 Å². The molecule has 8 heteroatoms. The first-order valence-corrected chi connectivity index (χ1v) is 11.1. The van der Waals surface area contributed by atoms with Crippen LogP contribution in [0.1, 0.15) is 19.8 Å². The lowest BCUT2D eigenvalue weighted by Gasteiger charge is -2.26. The Morgan fingerprint density at radius 3 is 2.45 bits per heavy atom. The fourth-order valence-electron chi connectivity index (χ4n) is 3.74. The first-order valence-electron chi connectivity index (χ1n) is 11.1. The molecule has 0 amide bonds. The highest BCUT2D eigenvalue weighted by atomic mass is 16.5. The van der Waals surface area contributed by atoms with E-state index in [2.05, 4.69) is 21.9 Å². The number of fused-ring (bicyclic) bond motifs is 1. The summed E-state index contributed by atoms with van der Waals surface area (Å²) in [7, 11) is 3.26. The van der Waals surface area contributed by atoms with Crippen LogP contribution < -0.4 is 14.4 Å². The van der Waals surface area contributed by atoms with E-state index in [4.69, 9.17) is 14.5 Å². The van der Waals surface area contributed by atoms with Crippen LogP contribution in [0.4, 0.5) is 11.4 Å². The monoisotopic (exact) mass is 447 g/mol. The van der Waals surface area contributed by atoms with E-state index in [9.17, 15) is 5.11 Å². The summed E-state index contributed by atoms with van der Waals surface area (Å²) < 4.78 is 12.8.